The molecule has 0 aliphatic heterocycles. The smallest absolute Gasteiger partial charge is 0.160 e. The molecule has 0 spiro atoms. The Bertz CT molecular complexity index is 3390. The van der Waals surface area contributed by atoms with Gasteiger partial charge >= 0.3 is 0 Å². The van der Waals surface area contributed by atoms with E-state index < -0.39 is 5.41 Å². The van der Waals surface area contributed by atoms with Gasteiger partial charge in [0.15, 0.2) is 5.82 Å². The molecule has 11 aromatic rings. The van der Waals surface area contributed by atoms with Crippen LogP contribution in [0.5, 0.6) is 0 Å². The Kier molecular flexibility index (Phi) is 8.39. The number of aromatic nitrogens is 2. The van der Waals surface area contributed by atoms with Crippen molar-refractivity contribution in [2.75, 3.05) is 0 Å². The molecule has 3 nitrogen and oxygen atoms in total. The largest absolute Gasteiger partial charge is 0.456 e. The van der Waals surface area contributed by atoms with E-state index in [0.29, 0.717) is 5.82 Å². The first kappa shape index (κ1) is 35.8. The highest BCUT2D eigenvalue weighted by atomic mass is 16.3. The molecule has 0 radical (unpaired) electrons. The molecule has 62 heavy (non-hydrogen) atoms. The number of fused-ring (bicyclic) bond motifs is 6. The third-order valence-electron chi connectivity index (χ3n) is 12.6. The minimum absolute atomic E-state index is 0.450. The summed E-state index contributed by atoms with van der Waals surface area (Å²) in [7, 11) is 0. The summed E-state index contributed by atoms with van der Waals surface area (Å²) in [5.74, 6) is 0.692. The zero-order valence-electron chi connectivity index (χ0n) is 33.7. The molecule has 12 rings (SSSR count). The van der Waals surface area contributed by atoms with Crippen LogP contribution in [0.25, 0.3) is 89.2 Å². The summed E-state index contributed by atoms with van der Waals surface area (Å²) >= 11 is 0. The molecule has 0 saturated heterocycles. The third kappa shape index (κ3) is 5.74. The Morgan fingerprint density at radius 3 is 1.53 bits per heavy atom. The topological polar surface area (TPSA) is 38.9 Å². The summed E-state index contributed by atoms with van der Waals surface area (Å²) in [5, 5.41) is 2.25. The van der Waals surface area contributed by atoms with Crippen LogP contribution in [-0.2, 0) is 5.41 Å². The van der Waals surface area contributed by atoms with Gasteiger partial charge in [0.2, 0.25) is 0 Å². The maximum atomic E-state index is 6.20. The number of benzene rings is 9. The second-order valence-corrected chi connectivity index (χ2v) is 16.0. The molecule has 9 aromatic carbocycles. The van der Waals surface area contributed by atoms with Gasteiger partial charge in [-0.2, -0.15) is 0 Å². The first-order chi connectivity index (χ1) is 30.7. The highest BCUT2D eigenvalue weighted by Gasteiger charge is 2.46. The molecule has 0 atom stereocenters. The maximum Gasteiger partial charge on any atom is 0.160 e. The van der Waals surface area contributed by atoms with Crippen molar-refractivity contribution in [2.45, 2.75) is 5.41 Å². The lowest BCUT2D eigenvalue weighted by molar-refractivity contribution is 0.669. The van der Waals surface area contributed by atoms with Gasteiger partial charge in [0.25, 0.3) is 0 Å². The van der Waals surface area contributed by atoms with Crippen molar-refractivity contribution in [2.24, 2.45) is 0 Å². The van der Waals surface area contributed by atoms with Crippen molar-refractivity contribution in [1.29, 1.82) is 0 Å². The van der Waals surface area contributed by atoms with Crippen LogP contribution in [0.15, 0.2) is 235 Å². The van der Waals surface area contributed by atoms with Gasteiger partial charge in [-0.1, -0.05) is 206 Å². The van der Waals surface area contributed by atoms with Crippen molar-refractivity contribution < 1.29 is 4.42 Å². The van der Waals surface area contributed by atoms with Gasteiger partial charge in [-0.25, -0.2) is 9.97 Å². The van der Waals surface area contributed by atoms with Gasteiger partial charge in [-0.05, 0) is 79.9 Å². The van der Waals surface area contributed by atoms with E-state index in [1.165, 1.54) is 38.9 Å². The van der Waals surface area contributed by atoms with E-state index in [-0.39, 0.29) is 0 Å². The fourth-order valence-electron chi connectivity index (χ4n) is 9.75. The highest BCUT2D eigenvalue weighted by Crippen LogP contribution is 2.56. The number of para-hydroxylation sites is 1. The van der Waals surface area contributed by atoms with Crippen LogP contribution < -0.4 is 0 Å². The molecular formula is C59H38N2O. The van der Waals surface area contributed by atoms with Crippen LogP contribution in [-0.4, -0.2) is 9.97 Å². The van der Waals surface area contributed by atoms with E-state index in [0.717, 1.165) is 66.7 Å². The zero-order chi connectivity index (χ0) is 41.0. The lowest BCUT2D eigenvalue weighted by Gasteiger charge is -2.34. The van der Waals surface area contributed by atoms with Crippen molar-refractivity contribution in [3.63, 3.8) is 0 Å². The Morgan fingerprint density at radius 2 is 0.839 bits per heavy atom. The highest BCUT2D eigenvalue weighted by molar-refractivity contribution is 6.12. The second kappa shape index (κ2) is 14.5. The molecule has 0 amide bonds. The molecule has 0 N–H and O–H groups in total. The molecule has 0 saturated carbocycles. The van der Waals surface area contributed by atoms with Crippen molar-refractivity contribution >= 4 is 21.9 Å². The zero-order valence-corrected chi connectivity index (χ0v) is 33.7. The molecule has 0 bridgehead atoms. The van der Waals surface area contributed by atoms with Crippen LogP contribution in [0.2, 0.25) is 0 Å². The van der Waals surface area contributed by atoms with Gasteiger partial charge in [0, 0.05) is 27.5 Å². The van der Waals surface area contributed by atoms with Crippen molar-refractivity contribution in [1.82, 2.24) is 9.97 Å². The quantitative estimate of drug-likeness (QED) is 0.161. The Morgan fingerprint density at radius 1 is 0.323 bits per heavy atom. The molecule has 2 heterocycles. The molecule has 1 aliphatic carbocycles. The monoisotopic (exact) mass is 790 g/mol. The molecule has 2 aromatic heterocycles. The molecule has 3 heteroatoms. The molecule has 0 unspecified atom stereocenters. The summed E-state index contributed by atoms with van der Waals surface area (Å²) in [6.07, 6.45) is 0. The van der Waals surface area contributed by atoms with E-state index in [4.69, 9.17) is 14.4 Å². The van der Waals surface area contributed by atoms with Gasteiger partial charge in [-0.15, -0.1) is 0 Å². The van der Waals surface area contributed by atoms with Crippen LogP contribution in [0.1, 0.15) is 22.3 Å². The summed E-state index contributed by atoms with van der Waals surface area (Å²) in [5.41, 5.74) is 18.4. The standard InChI is InChI=1S/C59H38N2O/c1-4-15-43(16-5-1)58-60-53(38-54(61-58)42-33-29-40(30-34-42)47-23-14-26-56-57(47)50-22-11-13-25-55(50)62-56)41-31-27-39(28-32-41)44-35-36-49-48-21-10-12-24-51(48)59(52(49)37-44,45-17-6-2-7-18-45)46-19-8-3-9-20-46/h1-38H. The average molecular weight is 791 g/mol. The fourth-order valence-corrected chi connectivity index (χ4v) is 9.75. The number of furan rings is 1. The van der Waals surface area contributed by atoms with Crippen LogP contribution >= 0.6 is 0 Å². The first-order valence-electron chi connectivity index (χ1n) is 21.1. The lowest BCUT2D eigenvalue weighted by Crippen LogP contribution is -2.28. The van der Waals surface area contributed by atoms with Gasteiger partial charge in [0.05, 0.1) is 16.8 Å². The minimum Gasteiger partial charge on any atom is -0.456 e. The van der Waals surface area contributed by atoms with Gasteiger partial charge in [-0.3, -0.25) is 0 Å². The maximum absolute atomic E-state index is 6.20. The summed E-state index contributed by atoms with van der Waals surface area (Å²) in [6.45, 7) is 0. The van der Waals surface area contributed by atoms with E-state index in [9.17, 15) is 0 Å². The number of rotatable bonds is 7. The third-order valence-corrected chi connectivity index (χ3v) is 12.6. The predicted molar refractivity (Wildman–Crippen MR) is 254 cm³/mol. The summed E-state index contributed by atoms with van der Waals surface area (Å²) in [6, 6.07) is 82.3. The average Bonchev–Trinajstić information content (AvgIpc) is 3.89. The van der Waals surface area contributed by atoms with Crippen molar-refractivity contribution in [3.05, 3.63) is 253 Å². The Hall–Kier alpha value is -8.14. The number of hydrogen-bond donors (Lipinski definition) is 0. The van der Waals surface area contributed by atoms with Crippen LogP contribution in [0.3, 0.4) is 0 Å². The minimum atomic E-state index is -0.450. The van der Waals surface area contributed by atoms with E-state index >= 15 is 0 Å². The van der Waals surface area contributed by atoms with E-state index in [1.54, 1.807) is 0 Å². The summed E-state index contributed by atoms with van der Waals surface area (Å²) < 4.78 is 6.20. The molecule has 290 valence electrons. The fraction of sp³-hybridized carbons (Fsp3) is 0.0169. The SMILES string of the molecule is c1ccc(-c2nc(-c3ccc(-c4ccc5c(c4)C(c4ccccc4)(c4ccccc4)c4ccccc4-5)cc3)cc(-c3ccc(-c4cccc5oc6ccccc6c45)cc3)n2)cc1. The van der Waals surface area contributed by atoms with Crippen molar-refractivity contribution in [3.8, 4) is 67.3 Å². The Balaban J connectivity index is 0.935. The van der Waals surface area contributed by atoms with Crippen LogP contribution in [0.4, 0.5) is 0 Å². The molecule has 1 aliphatic rings. The summed E-state index contributed by atoms with van der Waals surface area (Å²) in [4.78, 5) is 10.3. The molecular weight excluding hydrogens is 753 g/mol. The van der Waals surface area contributed by atoms with E-state index in [1.807, 2.05) is 36.4 Å². The Labute approximate surface area is 360 Å². The van der Waals surface area contributed by atoms with Gasteiger partial charge < -0.3 is 4.42 Å². The lowest BCUT2D eigenvalue weighted by atomic mass is 9.67. The molecule has 0 fully saturated rings. The number of hydrogen-bond acceptors (Lipinski definition) is 3. The normalized spacial score (nSPS) is 12.6. The van der Waals surface area contributed by atoms with E-state index in [2.05, 4.69) is 194 Å². The number of nitrogens with zero attached hydrogens (tertiary/aromatic N) is 2. The first-order valence-corrected chi connectivity index (χ1v) is 21.1. The van der Waals surface area contributed by atoms with Gasteiger partial charge in [0.1, 0.15) is 11.2 Å². The predicted octanol–water partition coefficient (Wildman–Crippen LogP) is 15.1. The van der Waals surface area contributed by atoms with Crippen LogP contribution in [0, 0.1) is 0 Å². The second-order valence-electron chi connectivity index (χ2n) is 16.0.